The van der Waals surface area contributed by atoms with Gasteiger partial charge in [0.1, 0.15) is 5.82 Å². The van der Waals surface area contributed by atoms with Gasteiger partial charge in [-0.15, -0.1) is 0 Å². The maximum absolute atomic E-state index is 5.31. The molecule has 2 aromatic rings. The molecule has 1 aromatic carbocycles. The van der Waals surface area contributed by atoms with Gasteiger partial charge in [0.05, 0.1) is 17.6 Å². The Bertz CT molecular complexity index is 574. The van der Waals surface area contributed by atoms with Crippen molar-refractivity contribution >= 4 is 11.0 Å². The number of benzene rings is 1. The van der Waals surface area contributed by atoms with E-state index in [2.05, 4.69) is 40.0 Å². The third kappa shape index (κ3) is 2.86. The van der Waals surface area contributed by atoms with Crippen LogP contribution in [0.5, 0.6) is 0 Å². The minimum atomic E-state index is 0.509. The van der Waals surface area contributed by atoms with Crippen LogP contribution in [-0.4, -0.2) is 35.9 Å². The van der Waals surface area contributed by atoms with Crippen LogP contribution in [0.1, 0.15) is 18.7 Å². The van der Waals surface area contributed by atoms with Crippen LogP contribution in [0, 0.1) is 12.8 Å². The summed E-state index contributed by atoms with van der Waals surface area (Å²) in [6.07, 6.45) is 2.68. The van der Waals surface area contributed by atoms with Crippen LogP contribution in [0.15, 0.2) is 24.3 Å². The molecule has 0 bridgehead atoms. The van der Waals surface area contributed by atoms with E-state index in [1.807, 2.05) is 6.07 Å². The van der Waals surface area contributed by atoms with Crippen LogP contribution >= 0.6 is 0 Å². The first kappa shape index (κ1) is 13.6. The Hall–Kier alpha value is -1.39. The molecule has 1 aromatic heterocycles. The zero-order chi connectivity index (χ0) is 13.9. The van der Waals surface area contributed by atoms with Gasteiger partial charge >= 0.3 is 0 Å². The van der Waals surface area contributed by atoms with Gasteiger partial charge in [0.15, 0.2) is 0 Å². The zero-order valence-electron chi connectivity index (χ0n) is 12.3. The highest BCUT2D eigenvalue weighted by Gasteiger charge is 2.30. The lowest BCUT2D eigenvalue weighted by Gasteiger charge is -2.18. The predicted octanol–water partition coefficient (Wildman–Crippen LogP) is 2.36. The Morgan fingerprint density at radius 1 is 1.40 bits per heavy atom. The molecule has 1 fully saturated rings. The zero-order valence-corrected chi connectivity index (χ0v) is 12.3. The number of fused-ring (bicyclic) bond motifs is 1. The molecule has 20 heavy (non-hydrogen) atoms. The number of para-hydroxylation sites is 2. The molecule has 1 aliphatic rings. The first-order chi connectivity index (χ1) is 9.79. The highest BCUT2D eigenvalue weighted by molar-refractivity contribution is 5.75. The summed E-state index contributed by atoms with van der Waals surface area (Å²) in [6.45, 7) is 4.81. The van der Waals surface area contributed by atoms with Crippen molar-refractivity contribution in [3.05, 3.63) is 30.1 Å². The van der Waals surface area contributed by atoms with Crippen LogP contribution in [0.4, 0.5) is 0 Å². The fourth-order valence-electron chi connectivity index (χ4n) is 2.88. The van der Waals surface area contributed by atoms with Crippen molar-refractivity contribution in [3.63, 3.8) is 0 Å². The predicted molar refractivity (Wildman–Crippen MR) is 80.9 cm³/mol. The molecular weight excluding hydrogens is 250 g/mol. The van der Waals surface area contributed by atoms with Crippen molar-refractivity contribution < 1.29 is 4.74 Å². The molecule has 1 aliphatic carbocycles. The number of nitrogens with one attached hydrogen (secondary N) is 1. The van der Waals surface area contributed by atoms with Gasteiger partial charge in [0.25, 0.3) is 0 Å². The third-order valence-corrected chi connectivity index (χ3v) is 4.12. The van der Waals surface area contributed by atoms with Crippen LogP contribution in [0.3, 0.4) is 0 Å². The van der Waals surface area contributed by atoms with Crippen LogP contribution in [-0.2, 0) is 11.3 Å². The van der Waals surface area contributed by atoms with Crippen LogP contribution in [0.2, 0.25) is 0 Å². The van der Waals surface area contributed by atoms with E-state index in [1.165, 1.54) is 18.4 Å². The molecule has 1 unspecified atom stereocenters. The van der Waals surface area contributed by atoms with E-state index in [0.717, 1.165) is 37.0 Å². The molecular formula is C16H23N3O. The van der Waals surface area contributed by atoms with Crippen LogP contribution < -0.4 is 5.32 Å². The van der Waals surface area contributed by atoms with Crippen molar-refractivity contribution in [2.45, 2.75) is 32.4 Å². The smallest absolute Gasteiger partial charge is 0.106 e. The fourth-order valence-corrected chi connectivity index (χ4v) is 2.88. The summed E-state index contributed by atoms with van der Waals surface area (Å²) < 4.78 is 7.60. The molecule has 3 rings (SSSR count). The number of hydrogen-bond acceptors (Lipinski definition) is 3. The number of methoxy groups -OCH3 is 1. The van der Waals surface area contributed by atoms with Crippen molar-refractivity contribution in [1.82, 2.24) is 14.9 Å². The molecule has 0 aliphatic heterocycles. The molecule has 108 valence electrons. The lowest BCUT2D eigenvalue weighted by Crippen LogP contribution is -2.37. The molecule has 0 spiro atoms. The Morgan fingerprint density at radius 2 is 2.20 bits per heavy atom. The summed E-state index contributed by atoms with van der Waals surface area (Å²) in [6, 6.07) is 8.84. The van der Waals surface area contributed by atoms with E-state index < -0.39 is 0 Å². The largest absolute Gasteiger partial charge is 0.383 e. The lowest BCUT2D eigenvalue weighted by molar-refractivity contribution is 0.157. The van der Waals surface area contributed by atoms with Gasteiger partial charge in [-0.2, -0.15) is 0 Å². The number of hydrogen-bond donors (Lipinski definition) is 1. The molecule has 4 nitrogen and oxygen atoms in total. The Morgan fingerprint density at radius 3 is 2.95 bits per heavy atom. The van der Waals surface area contributed by atoms with Crippen molar-refractivity contribution in [2.24, 2.45) is 5.92 Å². The standard InChI is InChI=1S/C16H23N3O/c1-12-18-14-5-3-4-6-16(14)19(12)10-9-17-15(11-20-2)13-7-8-13/h3-6,13,15,17H,7-11H2,1-2H3. The summed E-state index contributed by atoms with van der Waals surface area (Å²) in [5.74, 6) is 1.90. The molecule has 0 radical (unpaired) electrons. The van der Waals surface area contributed by atoms with Gasteiger partial charge in [-0.3, -0.25) is 0 Å². The van der Waals surface area contributed by atoms with E-state index >= 15 is 0 Å². The highest BCUT2D eigenvalue weighted by atomic mass is 16.5. The first-order valence-electron chi connectivity index (χ1n) is 7.44. The number of nitrogens with zero attached hydrogens (tertiary/aromatic N) is 2. The molecule has 0 amide bonds. The van der Waals surface area contributed by atoms with Gasteiger partial charge in [-0.05, 0) is 37.8 Å². The molecule has 1 heterocycles. The molecule has 4 heteroatoms. The summed E-state index contributed by atoms with van der Waals surface area (Å²) in [5.41, 5.74) is 2.31. The Labute approximate surface area is 120 Å². The summed E-state index contributed by atoms with van der Waals surface area (Å²) >= 11 is 0. The molecule has 1 N–H and O–H groups in total. The van der Waals surface area contributed by atoms with Gasteiger partial charge in [0.2, 0.25) is 0 Å². The SMILES string of the molecule is COCC(NCCn1c(C)nc2ccccc21)C1CC1. The van der Waals surface area contributed by atoms with Crippen molar-refractivity contribution in [1.29, 1.82) is 0 Å². The van der Waals surface area contributed by atoms with Crippen molar-refractivity contribution in [3.8, 4) is 0 Å². The normalized spacial score (nSPS) is 16.7. The van der Waals surface area contributed by atoms with Gasteiger partial charge in [0, 0.05) is 26.2 Å². The van der Waals surface area contributed by atoms with Crippen molar-refractivity contribution in [2.75, 3.05) is 20.3 Å². The minimum Gasteiger partial charge on any atom is -0.383 e. The lowest BCUT2D eigenvalue weighted by atomic mass is 10.2. The van der Waals surface area contributed by atoms with E-state index in [9.17, 15) is 0 Å². The summed E-state index contributed by atoms with van der Waals surface area (Å²) in [5, 5.41) is 3.64. The second kappa shape index (κ2) is 5.94. The van der Waals surface area contributed by atoms with E-state index in [0.29, 0.717) is 6.04 Å². The maximum Gasteiger partial charge on any atom is 0.106 e. The third-order valence-electron chi connectivity index (χ3n) is 4.12. The van der Waals surface area contributed by atoms with Gasteiger partial charge in [-0.1, -0.05) is 12.1 Å². The van der Waals surface area contributed by atoms with Gasteiger partial charge in [-0.25, -0.2) is 4.98 Å². The number of imidazole rings is 1. The average Bonchev–Trinajstić information content (AvgIpc) is 3.23. The second-order valence-corrected chi connectivity index (χ2v) is 5.65. The number of rotatable bonds is 7. The van der Waals surface area contributed by atoms with E-state index in [-0.39, 0.29) is 0 Å². The van der Waals surface area contributed by atoms with E-state index in [4.69, 9.17) is 4.74 Å². The Balaban J connectivity index is 1.63. The monoisotopic (exact) mass is 273 g/mol. The highest BCUT2D eigenvalue weighted by Crippen LogP contribution is 2.32. The first-order valence-corrected chi connectivity index (χ1v) is 7.44. The van der Waals surface area contributed by atoms with Crippen LogP contribution in [0.25, 0.3) is 11.0 Å². The second-order valence-electron chi connectivity index (χ2n) is 5.65. The summed E-state index contributed by atoms with van der Waals surface area (Å²) in [4.78, 5) is 4.61. The number of aryl methyl sites for hydroxylation is 1. The summed E-state index contributed by atoms with van der Waals surface area (Å²) in [7, 11) is 1.78. The van der Waals surface area contributed by atoms with Gasteiger partial charge < -0.3 is 14.6 Å². The molecule has 1 atom stereocenters. The maximum atomic E-state index is 5.31. The Kier molecular flexibility index (Phi) is 4.03. The van der Waals surface area contributed by atoms with E-state index in [1.54, 1.807) is 7.11 Å². The molecule has 1 saturated carbocycles. The topological polar surface area (TPSA) is 39.1 Å². The fraction of sp³-hybridized carbons (Fsp3) is 0.562. The quantitative estimate of drug-likeness (QED) is 0.841. The number of ether oxygens (including phenoxy) is 1. The molecule has 0 saturated heterocycles. The number of aromatic nitrogens is 2. The minimum absolute atomic E-state index is 0.509. The average molecular weight is 273 g/mol.